The summed E-state index contributed by atoms with van der Waals surface area (Å²) in [7, 11) is 0. The molecule has 0 aliphatic rings. The van der Waals surface area contributed by atoms with Crippen LogP contribution in [0.25, 0.3) is 0 Å². The fraction of sp³-hybridized carbons (Fsp3) is 0.600. The lowest BCUT2D eigenvalue weighted by molar-refractivity contribution is -0.118. The third-order valence-electron chi connectivity index (χ3n) is 6.89. The van der Waals surface area contributed by atoms with Crippen LogP contribution in [0.2, 0.25) is 0 Å². The van der Waals surface area contributed by atoms with Crippen molar-refractivity contribution in [3.63, 3.8) is 0 Å². The van der Waals surface area contributed by atoms with Gasteiger partial charge in [0.2, 0.25) is 10.6 Å². The van der Waals surface area contributed by atoms with Gasteiger partial charge < -0.3 is 59.6 Å². The van der Waals surface area contributed by atoms with Gasteiger partial charge in [0.05, 0.1) is 63.5 Å². The molecule has 0 spiro atoms. The smallest absolute Gasteiger partial charge is 0.407 e. The molecule has 0 saturated carbocycles. The van der Waals surface area contributed by atoms with Crippen molar-refractivity contribution in [2.75, 3.05) is 116 Å². The minimum atomic E-state index is -0.428. The van der Waals surface area contributed by atoms with Gasteiger partial charge in [-0.25, -0.2) is 9.59 Å². The first-order valence-electron chi connectivity index (χ1n) is 19.4. The van der Waals surface area contributed by atoms with E-state index in [4.69, 9.17) is 43.6 Å². The molecule has 2 aromatic carbocycles. The van der Waals surface area contributed by atoms with Crippen LogP contribution in [-0.2, 0) is 60.7 Å². The Morgan fingerprint density at radius 1 is 0.475 bits per heavy atom. The van der Waals surface area contributed by atoms with Crippen LogP contribution in [0.3, 0.4) is 0 Å². The second-order valence-corrected chi connectivity index (χ2v) is 13.8. The van der Waals surface area contributed by atoms with E-state index >= 15 is 0 Å². The molecule has 0 aromatic heterocycles. The van der Waals surface area contributed by atoms with E-state index in [9.17, 15) is 19.2 Å². The number of halogens is 3. The second-order valence-electron chi connectivity index (χ2n) is 11.8. The van der Waals surface area contributed by atoms with Gasteiger partial charge in [-0.15, -0.1) is 0 Å². The Hall–Kier alpha value is -2.72. The Morgan fingerprint density at radius 3 is 1.12 bits per heavy atom. The van der Waals surface area contributed by atoms with E-state index in [1.54, 1.807) is 0 Å². The van der Waals surface area contributed by atoms with Gasteiger partial charge in [-0.3, -0.25) is 9.59 Å². The molecule has 16 nitrogen and oxygen atoms in total. The number of rotatable bonds is 33. The molecule has 2 rings (SSSR count). The van der Waals surface area contributed by atoms with Crippen LogP contribution < -0.4 is 21.7 Å². The molecule has 0 radical (unpaired) electrons. The molecule has 0 bridgehead atoms. The largest absolute Gasteiger partial charge is 0.445 e. The van der Waals surface area contributed by atoms with Crippen molar-refractivity contribution in [2.24, 2.45) is 5.73 Å². The zero-order valence-electron chi connectivity index (χ0n) is 33.9. The van der Waals surface area contributed by atoms with Crippen molar-refractivity contribution in [2.45, 2.75) is 38.9 Å². The van der Waals surface area contributed by atoms with Gasteiger partial charge in [0.15, 0.2) is 0 Å². The predicted octanol–water partition coefficient (Wildman–Crippen LogP) is 5.26. The highest BCUT2D eigenvalue weighted by Gasteiger charge is 2.03. The van der Waals surface area contributed by atoms with Gasteiger partial charge >= 0.3 is 12.2 Å². The number of benzene rings is 2. The van der Waals surface area contributed by atoms with E-state index in [1.807, 2.05) is 60.7 Å². The average molecular weight is 1030 g/mol. The van der Waals surface area contributed by atoms with E-state index in [0.717, 1.165) is 30.4 Å². The van der Waals surface area contributed by atoms with Crippen LogP contribution in [-0.4, -0.2) is 139 Å². The molecule has 0 unspecified atom stereocenters. The number of nitrogens with one attached hydrogen (secondary N) is 3. The zero-order valence-corrected chi connectivity index (χ0v) is 38.6. The maximum absolute atomic E-state index is 11.6. The highest BCUT2D eigenvalue weighted by molar-refractivity contribution is 9.19. The lowest BCUT2D eigenvalue weighted by Gasteiger charge is -2.08. The van der Waals surface area contributed by atoms with E-state index in [2.05, 4.69) is 63.7 Å². The highest BCUT2D eigenvalue weighted by atomic mass is 79.9. The molecule has 0 saturated heterocycles. The number of carbonyl (C=O) groups is 4. The summed E-state index contributed by atoms with van der Waals surface area (Å²) in [5, 5.41) is 8.84. The van der Waals surface area contributed by atoms with Crippen molar-refractivity contribution in [1.29, 1.82) is 0 Å². The van der Waals surface area contributed by atoms with Gasteiger partial charge in [0.1, 0.15) is 13.2 Å². The number of alkyl carbamates (subject to hydrolysis) is 2. The summed E-state index contributed by atoms with van der Waals surface area (Å²) in [6, 6.07) is 19.1. The van der Waals surface area contributed by atoms with Crippen LogP contribution in [0.4, 0.5) is 9.59 Å². The van der Waals surface area contributed by atoms with Crippen LogP contribution in [0.15, 0.2) is 60.7 Å². The number of carbonyl (C=O) groups excluding carboxylic acids is 4. The van der Waals surface area contributed by atoms with Gasteiger partial charge in [-0.1, -0.05) is 92.5 Å². The molecule has 336 valence electrons. The van der Waals surface area contributed by atoms with Crippen molar-refractivity contribution >= 4 is 70.6 Å². The maximum Gasteiger partial charge on any atom is 0.407 e. The third-order valence-corrected chi connectivity index (χ3v) is 8.94. The van der Waals surface area contributed by atoms with Crippen molar-refractivity contribution in [3.05, 3.63) is 71.8 Å². The van der Waals surface area contributed by atoms with E-state index in [-0.39, 0.29) is 23.8 Å². The SMILES string of the molecule is NCCCOCCOCCOCCCNC(=O)OCc1ccccc1.O=C(Br)CBr.O=C(CBr)NCCCOCCOCCOCCCNC(=O)OCc1ccccc1. The fourth-order valence-electron chi connectivity index (χ4n) is 4.00. The highest BCUT2D eigenvalue weighted by Crippen LogP contribution is 2.01. The third kappa shape index (κ3) is 43.2. The summed E-state index contributed by atoms with van der Waals surface area (Å²) < 4.78 is 42.5. The topological polar surface area (TPSA) is 204 Å². The Bertz CT molecular complexity index is 1280. The summed E-state index contributed by atoms with van der Waals surface area (Å²) >= 11 is 8.69. The Labute approximate surface area is 374 Å². The first-order valence-corrected chi connectivity index (χ1v) is 22.5. The fourth-order valence-corrected chi connectivity index (χ4v) is 4.19. The van der Waals surface area contributed by atoms with Crippen LogP contribution >= 0.6 is 47.8 Å². The number of nitrogens with two attached hydrogens (primary N) is 1. The minimum Gasteiger partial charge on any atom is -0.445 e. The van der Waals surface area contributed by atoms with Crippen LogP contribution in [0.5, 0.6) is 0 Å². The van der Waals surface area contributed by atoms with E-state index in [0.29, 0.717) is 123 Å². The van der Waals surface area contributed by atoms with Crippen LogP contribution in [0.1, 0.15) is 36.8 Å². The molecule has 0 fully saturated rings. The quantitative estimate of drug-likeness (QED) is 0.0410. The first-order chi connectivity index (χ1) is 28.8. The minimum absolute atomic E-state index is 0.0162. The van der Waals surface area contributed by atoms with Gasteiger partial charge in [-0.05, 0) is 59.3 Å². The number of amides is 3. The normalized spacial score (nSPS) is 10.3. The lowest BCUT2D eigenvalue weighted by Crippen LogP contribution is -2.26. The van der Waals surface area contributed by atoms with Gasteiger partial charge in [0.25, 0.3) is 0 Å². The molecule has 0 heterocycles. The van der Waals surface area contributed by atoms with Crippen LogP contribution in [0, 0.1) is 0 Å². The Kier molecular flexibility index (Phi) is 42.8. The Balaban J connectivity index is 0.00000103. The number of alkyl halides is 2. The molecule has 0 atom stereocenters. The summed E-state index contributed by atoms with van der Waals surface area (Å²) in [6.07, 6.45) is 2.23. The zero-order chi connectivity index (χ0) is 43.3. The number of ether oxygens (including phenoxy) is 8. The molecule has 0 aliphatic carbocycles. The molecule has 5 N–H and O–H groups in total. The molecular formula is C40H63Br3N4O12. The number of hydrogen-bond donors (Lipinski definition) is 4. The summed E-state index contributed by atoms with van der Waals surface area (Å²) in [5.74, 6) is -0.0212. The summed E-state index contributed by atoms with van der Waals surface area (Å²) in [6.45, 7) is 9.39. The van der Waals surface area contributed by atoms with Gasteiger partial charge in [0, 0.05) is 46.1 Å². The Morgan fingerprint density at radius 2 is 0.797 bits per heavy atom. The predicted molar refractivity (Wildman–Crippen MR) is 236 cm³/mol. The molecular weight excluding hydrogens is 968 g/mol. The summed E-state index contributed by atoms with van der Waals surface area (Å²) in [4.78, 5) is 43.7. The average Bonchev–Trinajstić information content (AvgIpc) is 3.26. The molecule has 59 heavy (non-hydrogen) atoms. The lowest BCUT2D eigenvalue weighted by atomic mass is 10.2. The standard InChI is InChI=1S/C20H31BrN2O6.C18H30N2O5.C2H2Br2O/c21-16-19(24)22-8-4-10-26-12-14-28-15-13-27-11-5-9-23-20(25)29-17-18-6-2-1-3-7-18;19-8-4-10-22-12-14-24-15-13-23-11-5-9-20-18(21)25-16-17-6-2-1-3-7-17;3-1-2(4)5/h1-3,6-7H,4-5,8-17H2,(H,22,24)(H,23,25);1-3,6-7H,4-5,8-16,19H2,(H,20,21);1H2. The molecule has 3 amide bonds. The number of hydrogen-bond acceptors (Lipinski definition) is 13. The van der Waals surface area contributed by atoms with Crippen molar-refractivity contribution in [3.8, 4) is 0 Å². The first kappa shape index (κ1) is 56.3. The van der Waals surface area contributed by atoms with E-state index in [1.165, 1.54) is 0 Å². The van der Waals surface area contributed by atoms with E-state index < -0.39 is 12.2 Å². The molecule has 2 aromatic rings. The van der Waals surface area contributed by atoms with Crippen molar-refractivity contribution in [1.82, 2.24) is 16.0 Å². The second kappa shape index (κ2) is 44.8. The van der Waals surface area contributed by atoms with Crippen molar-refractivity contribution < 1.29 is 57.1 Å². The summed E-state index contributed by atoms with van der Waals surface area (Å²) in [5.41, 5.74) is 7.27. The van der Waals surface area contributed by atoms with Gasteiger partial charge in [-0.2, -0.15) is 0 Å². The molecule has 0 aliphatic heterocycles. The molecule has 19 heteroatoms. The maximum atomic E-state index is 11.6. The monoisotopic (exact) mass is 1030 g/mol.